The van der Waals surface area contributed by atoms with Crippen LogP contribution in [0.5, 0.6) is 0 Å². The Labute approximate surface area is 127 Å². The summed E-state index contributed by atoms with van der Waals surface area (Å²) < 4.78 is 0. The highest BCUT2D eigenvalue weighted by Gasteiger charge is 2.32. The van der Waals surface area contributed by atoms with Gasteiger partial charge in [-0.2, -0.15) is 0 Å². The minimum Gasteiger partial charge on any atom is -0.336 e. The molecule has 0 spiro atoms. The number of unbranched alkanes of at least 4 members (excludes halogenated alkanes) is 1. The van der Waals surface area contributed by atoms with Crippen LogP contribution in [-0.4, -0.2) is 29.9 Å². The van der Waals surface area contributed by atoms with E-state index in [1.54, 1.807) is 0 Å². The lowest BCUT2D eigenvalue weighted by Gasteiger charge is -2.22. The average molecular weight is 284 g/mol. The van der Waals surface area contributed by atoms with E-state index in [4.69, 9.17) is 5.73 Å². The van der Waals surface area contributed by atoms with Crippen molar-refractivity contribution in [2.75, 3.05) is 13.1 Å². The molecule has 0 aromatic heterocycles. The van der Waals surface area contributed by atoms with E-state index >= 15 is 0 Å². The molecule has 0 unspecified atom stereocenters. The molecule has 0 heterocycles. The van der Waals surface area contributed by atoms with Gasteiger partial charge in [-0.1, -0.05) is 31.3 Å². The highest BCUT2D eigenvalue weighted by atomic mass is 16.2. The van der Waals surface area contributed by atoms with E-state index in [1.165, 1.54) is 0 Å². The predicted molar refractivity (Wildman–Crippen MR) is 86.1 cm³/mol. The van der Waals surface area contributed by atoms with Gasteiger partial charge in [-0.15, -0.1) is 0 Å². The van der Waals surface area contributed by atoms with Crippen LogP contribution in [0.3, 0.4) is 0 Å². The molecule has 3 nitrogen and oxygen atoms in total. The van der Waals surface area contributed by atoms with Crippen LogP contribution in [0.4, 0.5) is 0 Å². The van der Waals surface area contributed by atoms with Crippen LogP contribution >= 0.6 is 0 Å². The number of hydrogen-bond acceptors (Lipinski definition) is 2. The summed E-state index contributed by atoms with van der Waals surface area (Å²) in [7, 11) is 0. The predicted octanol–water partition coefficient (Wildman–Crippen LogP) is 2.71. The molecular weight excluding hydrogens is 260 g/mol. The molecule has 0 aliphatic heterocycles. The first kappa shape index (κ1) is 15.6. The lowest BCUT2D eigenvalue weighted by molar-refractivity contribution is 0.0740. The molecule has 2 N–H and O–H groups in total. The van der Waals surface area contributed by atoms with Crippen molar-refractivity contribution in [3.63, 3.8) is 0 Å². The van der Waals surface area contributed by atoms with Crippen LogP contribution in [0.15, 0.2) is 18.2 Å². The van der Waals surface area contributed by atoms with Gasteiger partial charge in [-0.3, -0.25) is 4.79 Å². The lowest BCUT2D eigenvalue weighted by atomic mass is 10.0. The second kappa shape index (κ2) is 7.28. The average Bonchev–Trinajstić information content (AvgIpc) is 3.31. The van der Waals surface area contributed by atoms with Gasteiger partial charge in [-0.25, -0.2) is 0 Å². The number of rotatable bonds is 5. The normalized spacial score (nSPS) is 13.5. The number of nitrogens with two attached hydrogens (primary N) is 1. The quantitative estimate of drug-likeness (QED) is 0.845. The smallest absolute Gasteiger partial charge is 0.254 e. The maximum absolute atomic E-state index is 12.7. The summed E-state index contributed by atoms with van der Waals surface area (Å²) in [6.45, 7) is 5.35. The van der Waals surface area contributed by atoms with Crippen molar-refractivity contribution < 1.29 is 4.79 Å². The summed E-state index contributed by atoms with van der Waals surface area (Å²) in [6.07, 6.45) is 4.45. The summed E-state index contributed by atoms with van der Waals surface area (Å²) in [5.41, 5.74) is 8.15. The van der Waals surface area contributed by atoms with Gasteiger partial charge in [0.1, 0.15) is 0 Å². The standard InChI is InChI=1S/C18H24N2O/c1-3-4-12-20(17-9-10-17)18(21)16-8-7-14(2)15(13-16)6-5-11-19/h7-8,13,17H,3-4,9-12,19H2,1-2H3. The molecular formula is C18H24N2O. The topological polar surface area (TPSA) is 46.3 Å². The van der Waals surface area contributed by atoms with Gasteiger partial charge >= 0.3 is 0 Å². The SMILES string of the molecule is CCCCN(C(=O)c1ccc(C)c(C#CCN)c1)C1CC1. The molecule has 1 aliphatic carbocycles. The Morgan fingerprint density at radius 2 is 2.19 bits per heavy atom. The molecule has 1 aliphatic rings. The fourth-order valence-electron chi connectivity index (χ4n) is 2.37. The number of carbonyl (C=O) groups excluding carboxylic acids is 1. The van der Waals surface area contributed by atoms with Crippen molar-refractivity contribution in [1.29, 1.82) is 0 Å². The Balaban J connectivity index is 2.20. The Morgan fingerprint density at radius 1 is 1.43 bits per heavy atom. The van der Waals surface area contributed by atoms with Crippen LogP contribution in [0.2, 0.25) is 0 Å². The monoisotopic (exact) mass is 284 g/mol. The van der Waals surface area contributed by atoms with Gasteiger partial charge in [0.25, 0.3) is 5.91 Å². The zero-order valence-corrected chi connectivity index (χ0v) is 13.0. The Hall–Kier alpha value is -1.79. The third kappa shape index (κ3) is 4.09. The molecule has 0 atom stereocenters. The van der Waals surface area contributed by atoms with Crippen LogP contribution < -0.4 is 5.73 Å². The molecule has 3 heteroatoms. The van der Waals surface area contributed by atoms with Crippen molar-refractivity contribution in [2.45, 2.75) is 45.6 Å². The van der Waals surface area contributed by atoms with E-state index in [-0.39, 0.29) is 5.91 Å². The highest BCUT2D eigenvalue weighted by molar-refractivity contribution is 5.95. The van der Waals surface area contributed by atoms with Crippen LogP contribution in [0.1, 0.15) is 54.1 Å². The molecule has 1 aromatic rings. The number of amides is 1. The van der Waals surface area contributed by atoms with Gasteiger partial charge in [0, 0.05) is 23.7 Å². The zero-order chi connectivity index (χ0) is 15.2. The Bertz CT molecular complexity index is 564. The molecule has 0 bridgehead atoms. The van der Waals surface area contributed by atoms with E-state index in [0.717, 1.165) is 48.9 Å². The minimum atomic E-state index is 0.141. The maximum atomic E-state index is 12.7. The molecule has 2 rings (SSSR count). The highest BCUT2D eigenvalue weighted by Crippen LogP contribution is 2.29. The maximum Gasteiger partial charge on any atom is 0.254 e. The molecule has 1 aromatic carbocycles. The van der Waals surface area contributed by atoms with Crippen molar-refractivity contribution in [1.82, 2.24) is 4.90 Å². The Morgan fingerprint density at radius 3 is 2.81 bits per heavy atom. The second-order valence-electron chi connectivity index (χ2n) is 5.62. The first-order valence-electron chi connectivity index (χ1n) is 7.78. The van der Waals surface area contributed by atoms with Crippen LogP contribution in [0, 0.1) is 18.8 Å². The van der Waals surface area contributed by atoms with Gasteiger partial charge < -0.3 is 10.6 Å². The second-order valence-corrected chi connectivity index (χ2v) is 5.62. The largest absolute Gasteiger partial charge is 0.336 e. The first-order valence-corrected chi connectivity index (χ1v) is 7.78. The van der Waals surface area contributed by atoms with Crippen LogP contribution in [0.25, 0.3) is 0 Å². The molecule has 112 valence electrons. The lowest BCUT2D eigenvalue weighted by Crippen LogP contribution is -2.34. The van der Waals surface area contributed by atoms with Crippen LogP contribution in [-0.2, 0) is 0 Å². The number of benzene rings is 1. The van der Waals surface area contributed by atoms with Gasteiger partial charge in [-0.05, 0) is 43.9 Å². The van der Waals surface area contributed by atoms with Crippen molar-refractivity contribution >= 4 is 5.91 Å². The third-order valence-electron chi connectivity index (χ3n) is 3.81. The van der Waals surface area contributed by atoms with Gasteiger partial charge in [0.15, 0.2) is 0 Å². The Kier molecular flexibility index (Phi) is 5.41. The third-order valence-corrected chi connectivity index (χ3v) is 3.81. The summed E-state index contributed by atoms with van der Waals surface area (Å²) in [6, 6.07) is 6.23. The zero-order valence-electron chi connectivity index (χ0n) is 13.0. The molecule has 1 fully saturated rings. The summed E-state index contributed by atoms with van der Waals surface area (Å²) >= 11 is 0. The van der Waals surface area contributed by atoms with Gasteiger partial charge in [0.2, 0.25) is 0 Å². The van der Waals surface area contributed by atoms with E-state index in [2.05, 4.69) is 18.8 Å². The van der Waals surface area contributed by atoms with E-state index in [1.807, 2.05) is 30.0 Å². The van der Waals surface area contributed by atoms with E-state index in [0.29, 0.717) is 12.6 Å². The fraction of sp³-hybridized carbons (Fsp3) is 0.500. The molecule has 0 saturated heterocycles. The molecule has 1 amide bonds. The van der Waals surface area contributed by atoms with Crippen molar-refractivity contribution in [2.24, 2.45) is 5.73 Å². The van der Waals surface area contributed by atoms with Gasteiger partial charge in [0.05, 0.1) is 6.54 Å². The summed E-state index contributed by atoms with van der Waals surface area (Å²) in [5, 5.41) is 0. The van der Waals surface area contributed by atoms with Crippen molar-refractivity contribution in [3.05, 3.63) is 34.9 Å². The van der Waals surface area contributed by atoms with E-state index < -0.39 is 0 Å². The molecule has 0 radical (unpaired) electrons. The molecule has 21 heavy (non-hydrogen) atoms. The van der Waals surface area contributed by atoms with E-state index in [9.17, 15) is 4.79 Å². The minimum absolute atomic E-state index is 0.141. The van der Waals surface area contributed by atoms with Crippen molar-refractivity contribution in [3.8, 4) is 11.8 Å². The fourth-order valence-corrected chi connectivity index (χ4v) is 2.37. The summed E-state index contributed by atoms with van der Waals surface area (Å²) in [4.78, 5) is 14.8. The molecule has 1 saturated carbocycles. The number of nitrogens with zero attached hydrogens (tertiary/aromatic N) is 1. The number of aryl methyl sites for hydroxylation is 1. The first-order chi connectivity index (χ1) is 10.2. The summed E-state index contributed by atoms with van der Waals surface area (Å²) in [5.74, 6) is 6.05. The number of carbonyl (C=O) groups is 1. The number of hydrogen-bond donors (Lipinski definition) is 1.